The molecular formula is C15H18N4O2. The zero-order chi connectivity index (χ0) is 14.8. The molecule has 1 saturated carbocycles. The van der Waals surface area contributed by atoms with Gasteiger partial charge >= 0.3 is 0 Å². The molecule has 1 fully saturated rings. The lowest BCUT2D eigenvalue weighted by Gasteiger charge is -2.16. The van der Waals surface area contributed by atoms with Crippen molar-refractivity contribution >= 4 is 11.6 Å². The average Bonchev–Trinajstić information content (AvgIpc) is 3.08. The zero-order valence-corrected chi connectivity index (χ0v) is 11.9. The first kappa shape index (κ1) is 13.8. The largest absolute Gasteiger partial charge is 0.334 e. The van der Waals surface area contributed by atoms with Crippen molar-refractivity contribution in [3.8, 4) is 11.5 Å². The van der Waals surface area contributed by atoms with Crippen LogP contribution in [0.25, 0.3) is 11.5 Å². The molecule has 0 aliphatic heterocycles. The van der Waals surface area contributed by atoms with Gasteiger partial charge in [-0.2, -0.15) is 4.98 Å². The van der Waals surface area contributed by atoms with Crippen LogP contribution in [0.2, 0.25) is 0 Å². The van der Waals surface area contributed by atoms with Gasteiger partial charge in [0.05, 0.1) is 17.2 Å². The Balaban J connectivity index is 1.84. The third kappa shape index (κ3) is 2.80. The topological polar surface area (TPSA) is 94.0 Å². The summed E-state index contributed by atoms with van der Waals surface area (Å²) in [5.41, 5.74) is 7.38. The maximum Gasteiger partial charge on any atom is 0.260 e. The van der Waals surface area contributed by atoms with Gasteiger partial charge in [-0.05, 0) is 31.9 Å². The van der Waals surface area contributed by atoms with E-state index in [0.717, 1.165) is 24.8 Å². The van der Waals surface area contributed by atoms with Crippen LogP contribution in [0.5, 0.6) is 0 Å². The van der Waals surface area contributed by atoms with Gasteiger partial charge in [0.25, 0.3) is 5.89 Å². The Morgan fingerprint density at radius 2 is 2.19 bits per heavy atom. The average molecular weight is 286 g/mol. The first-order valence-corrected chi connectivity index (χ1v) is 7.11. The van der Waals surface area contributed by atoms with Crippen LogP contribution in [0.3, 0.4) is 0 Å². The molecule has 3 rings (SSSR count). The van der Waals surface area contributed by atoms with Crippen LogP contribution < -0.4 is 11.1 Å². The summed E-state index contributed by atoms with van der Waals surface area (Å²) in [6.45, 7) is 1.76. The molecule has 6 nitrogen and oxygen atoms in total. The number of rotatable bonds is 3. The van der Waals surface area contributed by atoms with E-state index >= 15 is 0 Å². The Hall–Kier alpha value is -2.21. The molecule has 0 saturated heterocycles. The number of carbonyl (C=O) groups is 1. The molecule has 3 N–H and O–H groups in total. The molecule has 2 atom stereocenters. The summed E-state index contributed by atoms with van der Waals surface area (Å²) in [5, 5.41) is 6.73. The van der Waals surface area contributed by atoms with Crippen molar-refractivity contribution in [3.63, 3.8) is 0 Å². The van der Waals surface area contributed by atoms with E-state index in [4.69, 9.17) is 10.3 Å². The van der Waals surface area contributed by atoms with Crippen molar-refractivity contribution in [1.82, 2.24) is 10.1 Å². The minimum Gasteiger partial charge on any atom is -0.334 e. The molecule has 1 aromatic carbocycles. The highest BCUT2D eigenvalue weighted by molar-refractivity contribution is 5.96. The van der Waals surface area contributed by atoms with E-state index in [0.29, 0.717) is 17.4 Å². The maximum absolute atomic E-state index is 12.4. The van der Waals surface area contributed by atoms with Gasteiger partial charge in [0.15, 0.2) is 5.82 Å². The third-order valence-electron chi connectivity index (χ3n) is 3.85. The number of benzene rings is 1. The van der Waals surface area contributed by atoms with Crippen LogP contribution in [0.1, 0.15) is 25.1 Å². The number of hydrogen-bond acceptors (Lipinski definition) is 5. The van der Waals surface area contributed by atoms with Gasteiger partial charge in [-0.25, -0.2) is 0 Å². The van der Waals surface area contributed by atoms with E-state index in [1.807, 2.05) is 24.3 Å². The van der Waals surface area contributed by atoms with E-state index in [2.05, 4.69) is 15.5 Å². The summed E-state index contributed by atoms with van der Waals surface area (Å²) in [7, 11) is 0. The number of para-hydroxylation sites is 1. The number of nitrogens with zero attached hydrogens (tertiary/aromatic N) is 2. The second kappa shape index (κ2) is 5.65. The van der Waals surface area contributed by atoms with Gasteiger partial charge in [-0.3, -0.25) is 4.79 Å². The molecule has 6 heteroatoms. The smallest absolute Gasteiger partial charge is 0.260 e. The summed E-state index contributed by atoms with van der Waals surface area (Å²) >= 11 is 0. The van der Waals surface area contributed by atoms with E-state index in [1.54, 1.807) is 6.92 Å². The zero-order valence-electron chi connectivity index (χ0n) is 11.9. The number of aromatic nitrogens is 2. The maximum atomic E-state index is 12.4. The van der Waals surface area contributed by atoms with Gasteiger partial charge < -0.3 is 15.6 Å². The fraction of sp³-hybridized carbons (Fsp3) is 0.400. The third-order valence-corrected chi connectivity index (χ3v) is 3.85. The lowest BCUT2D eigenvalue weighted by atomic mass is 10.0. The first-order valence-electron chi connectivity index (χ1n) is 7.11. The Morgan fingerprint density at radius 3 is 2.86 bits per heavy atom. The molecule has 2 unspecified atom stereocenters. The predicted octanol–water partition coefficient (Wildman–Crippen LogP) is 2.11. The number of hydrogen-bond donors (Lipinski definition) is 2. The lowest BCUT2D eigenvalue weighted by molar-refractivity contribution is -0.120. The van der Waals surface area contributed by atoms with E-state index < -0.39 is 0 Å². The Labute approximate surface area is 122 Å². The van der Waals surface area contributed by atoms with Crippen molar-refractivity contribution in [3.05, 3.63) is 30.1 Å². The molecule has 1 aliphatic carbocycles. The Kier molecular flexibility index (Phi) is 3.70. The number of nitrogens with two attached hydrogens (primary N) is 1. The number of aryl methyl sites for hydroxylation is 1. The predicted molar refractivity (Wildman–Crippen MR) is 78.4 cm³/mol. The first-order chi connectivity index (χ1) is 10.1. The molecule has 0 radical (unpaired) electrons. The van der Waals surface area contributed by atoms with E-state index in [-0.39, 0.29) is 17.9 Å². The summed E-state index contributed by atoms with van der Waals surface area (Å²) < 4.78 is 5.18. The van der Waals surface area contributed by atoms with Crippen LogP contribution in [-0.2, 0) is 4.79 Å². The highest BCUT2D eigenvalue weighted by Crippen LogP contribution is 2.29. The fourth-order valence-corrected chi connectivity index (χ4v) is 2.72. The van der Waals surface area contributed by atoms with Crippen molar-refractivity contribution in [2.75, 3.05) is 5.32 Å². The van der Waals surface area contributed by atoms with E-state index in [1.165, 1.54) is 0 Å². The van der Waals surface area contributed by atoms with Crippen molar-refractivity contribution < 1.29 is 9.32 Å². The van der Waals surface area contributed by atoms with Crippen LogP contribution in [0.15, 0.2) is 28.8 Å². The van der Waals surface area contributed by atoms with Crippen LogP contribution in [0, 0.1) is 12.8 Å². The Morgan fingerprint density at radius 1 is 1.38 bits per heavy atom. The highest BCUT2D eigenvalue weighted by atomic mass is 16.5. The number of anilines is 1. The molecular weight excluding hydrogens is 268 g/mol. The van der Waals surface area contributed by atoms with Gasteiger partial charge in [-0.15, -0.1) is 0 Å². The number of nitrogens with one attached hydrogen (secondary N) is 1. The molecule has 0 bridgehead atoms. The minimum atomic E-state index is -0.123. The van der Waals surface area contributed by atoms with E-state index in [9.17, 15) is 4.79 Å². The van der Waals surface area contributed by atoms with Gasteiger partial charge in [0.2, 0.25) is 5.91 Å². The van der Waals surface area contributed by atoms with Crippen molar-refractivity contribution in [2.45, 2.75) is 32.2 Å². The van der Waals surface area contributed by atoms with Crippen LogP contribution in [-0.4, -0.2) is 22.1 Å². The normalized spacial score (nSPS) is 21.4. The summed E-state index contributed by atoms with van der Waals surface area (Å²) in [4.78, 5) is 16.6. The molecule has 21 heavy (non-hydrogen) atoms. The number of amides is 1. The monoisotopic (exact) mass is 286 g/mol. The summed E-state index contributed by atoms with van der Waals surface area (Å²) in [6, 6.07) is 7.34. The second-order valence-corrected chi connectivity index (χ2v) is 5.38. The standard InChI is InChI=1S/C15H18N4O2/c1-9-17-15(21-19-9)11-5-2-3-8-13(11)18-14(20)10-6-4-7-12(10)16/h2-3,5,8,10,12H,4,6-7,16H2,1H3,(H,18,20). The SMILES string of the molecule is Cc1noc(-c2ccccc2NC(=O)C2CCCC2N)n1. The second-order valence-electron chi connectivity index (χ2n) is 5.38. The highest BCUT2D eigenvalue weighted by Gasteiger charge is 2.30. The summed E-state index contributed by atoms with van der Waals surface area (Å²) in [5.74, 6) is 0.800. The molecule has 0 spiro atoms. The van der Waals surface area contributed by atoms with Gasteiger partial charge in [-0.1, -0.05) is 23.7 Å². The van der Waals surface area contributed by atoms with Crippen molar-refractivity contribution in [2.24, 2.45) is 11.7 Å². The molecule has 1 amide bonds. The molecule has 1 aromatic heterocycles. The summed E-state index contributed by atoms with van der Waals surface area (Å²) in [6.07, 6.45) is 2.75. The van der Waals surface area contributed by atoms with Crippen molar-refractivity contribution in [1.29, 1.82) is 0 Å². The van der Waals surface area contributed by atoms with Gasteiger partial charge in [0, 0.05) is 6.04 Å². The molecule has 110 valence electrons. The quantitative estimate of drug-likeness (QED) is 0.901. The van der Waals surface area contributed by atoms with Crippen LogP contribution >= 0.6 is 0 Å². The molecule has 1 aliphatic rings. The minimum absolute atomic E-state index is 0.0383. The van der Waals surface area contributed by atoms with Crippen LogP contribution in [0.4, 0.5) is 5.69 Å². The lowest BCUT2D eigenvalue weighted by Crippen LogP contribution is -2.34. The Bertz CT molecular complexity index is 653. The molecule has 1 heterocycles. The molecule has 2 aromatic rings. The van der Waals surface area contributed by atoms with Gasteiger partial charge in [0.1, 0.15) is 0 Å². The fourth-order valence-electron chi connectivity index (χ4n) is 2.72. The number of carbonyl (C=O) groups excluding carboxylic acids is 1.